The number of nitrogens with zero attached hydrogens (tertiary/aromatic N) is 2. The summed E-state index contributed by atoms with van der Waals surface area (Å²) in [6.07, 6.45) is 2.26. The molecule has 0 unspecified atom stereocenters. The Hall–Kier alpha value is -2.84. The van der Waals surface area contributed by atoms with E-state index in [2.05, 4.69) is 9.82 Å². The summed E-state index contributed by atoms with van der Waals surface area (Å²) in [4.78, 5) is 12.5. The van der Waals surface area contributed by atoms with Crippen LogP contribution in [0.15, 0.2) is 65.8 Å². The van der Waals surface area contributed by atoms with Gasteiger partial charge in [0.25, 0.3) is 0 Å². The van der Waals surface area contributed by atoms with E-state index in [0.29, 0.717) is 11.3 Å². The molecule has 0 aliphatic carbocycles. The molecule has 0 aliphatic heterocycles. The Kier molecular flexibility index (Phi) is 4.97. The summed E-state index contributed by atoms with van der Waals surface area (Å²) < 4.78 is 41.2. The Morgan fingerprint density at radius 2 is 1.92 bits per heavy atom. The molecular formula is C18H16FN3O3S. The molecule has 0 radical (unpaired) electrons. The number of ketones is 1. The van der Waals surface area contributed by atoms with Crippen LogP contribution in [-0.2, 0) is 10.0 Å². The zero-order valence-electron chi connectivity index (χ0n) is 13.9. The second kappa shape index (κ2) is 7.19. The van der Waals surface area contributed by atoms with Crippen LogP contribution in [0.5, 0.6) is 0 Å². The topological polar surface area (TPSA) is 81.1 Å². The van der Waals surface area contributed by atoms with Gasteiger partial charge in [-0.15, -0.1) is 0 Å². The number of carbonyl (C=O) groups is 1. The van der Waals surface area contributed by atoms with Crippen LogP contribution in [0.25, 0.3) is 5.69 Å². The van der Waals surface area contributed by atoms with Crippen molar-refractivity contribution in [1.82, 2.24) is 14.5 Å². The average Bonchev–Trinajstić information content (AvgIpc) is 3.06. The third-order valence-electron chi connectivity index (χ3n) is 3.68. The van der Waals surface area contributed by atoms with Gasteiger partial charge in [0, 0.05) is 5.56 Å². The number of carbonyl (C=O) groups excluding carboxylic acids is 1. The first-order valence-corrected chi connectivity index (χ1v) is 9.24. The summed E-state index contributed by atoms with van der Waals surface area (Å²) in [6, 6.07) is 12.7. The Bertz CT molecular complexity index is 1050. The molecule has 1 aromatic heterocycles. The number of halogens is 1. The average molecular weight is 373 g/mol. The summed E-state index contributed by atoms with van der Waals surface area (Å²) in [5.41, 5.74) is 1.60. The number of hydrogen-bond donors (Lipinski definition) is 1. The Balaban J connectivity index is 1.79. The molecule has 0 saturated heterocycles. The number of hydrogen-bond acceptors (Lipinski definition) is 4. The van der Waals surface area contributed by atoms with Gasteiger partial charge in [-0.05, 0) is 42.8 Å². The molecule has 3 rings (SSSR count). The number of sulfonamides is 1. The van der Waals surface area contributed by atoms with Crippen molar-refractivity contribution in [1.29, 1.82) is 0 Å². The SMILES string of the molecule is Cc1cc(C(=O)CNS(=O)(=O)c2ccccc2)cc(-n2cc(F)cn2)c1. The minimum absolute atomic E-state index is 0.0877. The van der Waals surface area contributed by atoms with Crippen LogP contribution >= 0.6 is 0 Å². The second-order valence-corrected chi connectivity index (χ2v) is 7.49. The van der Waals surface area contributed by atoms with E-state index < -0.39 is 21.6 Å². The maximum Gasteiger partial charge on any atom is 0.240 e. The van der Waals surface area contributed by atoms with Crippen LogP contribution in [0.2, 0.25) is 0 Å². The lowest BCUT2D eigenvalue weighted by atomic mass is 10.1. The number of rotatable bonds is 6. The van der Waals surface area contributed by atoms with Crippen molar-refractivity contribution in [3.8, 4) is 5.69 Å². The Morgan fingerprint density at radius 1 is 1.19 bits per heavy atom. The van der Waals surface area contributed by atoms with Gasteiger partial charge in [-0.2, -0.15) is 5.10 Å². The molecule has 0 spiro atoms. The Labute approximate surface area is 150 Å². The van der Waals surface area contributed by atoms with Crippen molar-refractivity contribution in [2.45, 2.75) is 11.8 Å². The molecule has 134 valence electrons. The van der Waals surface area contributed by atoms with Crippen LogP contribution in [0.4, 0.5) is 4.39 Å². The molecule has 0 amide bonds. The molecule has 2 aromatic carbocycles. The molecule has 0 fully saturated rings. The standard InChI is InChI=1S/C18H16FN3O3S/c1-13-7-14(9-16(8-13)22-12-15(19)10-20-22)18(23)11-21-26(24,25)17-5-3-2-4-6-17/h2-10,12,21H,11H2,1H3. The van der Waals surface area contributed by atoms with E-state index in [0.717, 1.165) is 11.8 Å². The highest BCUT2D eigenvalue weighted by Gasteiger charge is 2.16. The van der Waals surface area contributed by atoms with Crippen LogP contribution in [0.1, 0.15) is 15.9 Å². The molecule has 6 nitrogen and oxygen atoms in total. The number of nitrogens with one attached hydrogen (secondary N) is 1. The fraction of sp³-hybridized carbons (Fsp3) is 0.111. The zero-order chi connectivity index (χ0) is 18.7. The van der Waals surface area contributed by atoms with Crippen molar-refractivity contribution in [3.05, 3.63) is 77.9 Å². The van der Waals surface area contributed by atoms with Gasteiger partial charge in [0.2, 0.25) is 10.0 Å². The van der Waals surface area contributed by atoms with Crippen LogP contribution in [0, 0.1) is 12.7 Å². The minimum Gasteiger partial charge on any atom is -0.293 e. The summed E-state index contributed by atoms with van der Waals surface area (Å²) in [5, 5.41) is 3.87. The first-order chi connectivity index (χ1) is 12.3. The first kappa shape index (κ1) is 18.0. The number of aromatic nitrogens is 2. The van der Waals surface area contributed by atoms with Crippen molar-refractivity contribution in [2.75, 3.05) is 6.54 Å². The fourth-order valence-corrected chi connectivity index (χ4v) is 3.45. The first-order valence-electron chi connectivity index (χ1n) is 7.75. The van der Waals surface area contributed by atoms with Gasteiger partial charge in [-0.25, -0.2) is 22.2 Å². The lowest BCUT2D eigenvalue weighted by molar-refractivity contribution is 0.0997. The minimum atomic E-state index is -3.77. The number of aryl methyl sites for hydroxylation is 1. The maximum absolute atomic E-state index is 13.2. The van der Waals surface area contributed by atoms with E-state index in [4.69, 9.17) is 0 Å². The molecule has 0 atom stereocenters. The number of Topliss-reactive ketones (excluding diaryl/α,β-unsaturated/α-hetero) is 1. The lowest BCUT2D eigenvalue weighted by Crippen LogP contribution is -2.29. The molecular weight excluding hydrogens is 357 g/mol. The Morgan fingerprint density at radius 3 is 2.58 bits per heavy atom. The second-order valence-electron chi connectivity index (χ2n) is 5.72. The van der Waals surface area contributed by atoms with Crippen LogP contribution in [-0.4, -0.2) is 30.5 Å². The van der Waals surface area contributed by atoms with E-state index in [1.54, 1.807) is 43.3 Å². The predicted molar refractivity (Wildman–Crippen MR) is 94.2 cm³/mol. The van der Waals surface area contributed by atoms with Gasteiger partial charge in [0.05, 0.1) is 29.5 Å². The van der Waals surface area contributed by atoms with Crippen molar-refractivity contribution in [2.24, 2.45) is 0 Å². The molecule has 0 bridgehead atoms. The highest BCUT2D eigenvalue weighted by Crippen LogP contribution is 2.15. The zero-order valence-corrected chi connectivity index (χ0v) is 14.7. The third kappa shape index (κ3) is 4.04. The maximum atomic E-state index is 13.2. The van der Waals surface area contributed by atoms with Gasteiger partial charge in [-0.1, -0.05) is 18.2 Å². The molecule has 1 heterocycles. The number of benzene rings is 2. The molecule has 3 aromatic rings. The van der Waals surface area contributed by atoms with E-state index in [9.17, 15) is 17.6 Å². The van der Waals surface area contributed by atoms with E-state index in [-0.39, 0.29) is 11.4 Å². The molecule has 26 heavy (non-hydrogen) atoms. The highest BCUT2D eigenvalue weighted by atomic mass is 32.2. The molecule has 1 N–H and O–H groups in total. The van der Waals surface area contributed by atoms with Crippen molar-refractivity contribution < 1.29 is 17.6 Å². The van der Waals surface area contributed by atoms with E-state index >= 15 is 0 Å². The highest BCUT2D eigenvalue weighted by molar-refractivity contribution is 7.89. The third-order valence-corrected chi connectivity index (χ3v) is 5.09. The molecule has 0 aliphatic rings. The van der Waals surface area contributed by atoms with E-state index in [1.807, 2.05) is 0 Å². The summed E-state index contributed by atoms with van der Waals surface area (Å²) in [5.74, 6) is -0.892. The monoisotopic (exact) mass is 373 g/mol. The van der Waals surface area contributed by atoms with Gasteiger partial charge >= 0.3 is 0 Å². The molecule has 0 saturated carbocycles. The van der Waals surface area contributed by atoms with Gasteiger partial charge in [-0.3, -0.25) is 4.79 Å². The largest absolute Gasteiger partial charge is 0.293 e. The van der Waals surface area contributed by atoms with Gasteiger partial charge < -0.3 is 0 Å². The van der Waals surface area contributed by atoms with Gasteiger partial charge in [0.1, 0.15) is 0 Å². The summed E-state index contributed by atoms with van der Waals surface area (Å²) in [7, 11) is -3.77. The predicted octanol–water partition coefficient (Wildman–Crippen LogP) is 2.48. The van der Waals surface area contributed by atoms with E-state index in [1.165, 1.54) is 23.0 Å². The van der Waals surface area contributed by atoms with Crippen LogP contribution in [0.3, 0.4) is 0 Å². The van der Waals surface area contributed by atoms with Crippen molar-refractivity contribution in [3.63, 3.8) is 0 Å². The molecule has 8 heteroatoms. The lowest BCUT2D eigenvalue weighted by Gasteiger charge is -2.09. The summed E-state index contributed by atoms with van der Waals surface area (Å²) >= 11 is 0. The normalized spacial score (nSPS) is 11.5. The fourth-order valence-electron chi connectivity index (χ4n) is 2.44. The smallest absolute Gasteiger partial charge is 0.240 e. The van der Waals surface area contributed by atoms with Crippen molar-refractivity contribution >= 4 is 15.8 Å². The quantitative estimate of drug-likeness (QED) is 0.673. The van der Waals surface area contributed by atoms with Crippen LogP contribution < -0.4 is 4.72 Å². The summed E-state index contributed by atoms with van der Waals surface area (Å²) in [6.45, 7) is 1.40. The van der Waals surface area contributed by atoms with Gasteiger partial charge in [0.15, 0.2) is 11.6 Å².